The summed E-state index contributed by atoms with van der Waals surface area (Å²) in [7, 11) is 0. The van der Waals surface area contributed by atoms with Gasteiger partial charge in [-0.05, 0) is 57.1 Å². The standard InChI is InChI=1S/C19H22FN5/c1-14(24-10-2-3-11-24)13-21-19-12-17(15-4-6-16(20)7-5-15)23-18-8-9-22-25(18)19/h4-9,12,14,21H,2-3,10-11,13H2,1H3/t14-/m1/s1. The highest BCUT2D eigenvalue weighted by Gasteiger charge is 2.18. The lowest BCUT2D eigenvalue weighted by molar-refractivity contribution is 0.269. The third-order valence-electron chi connectivity index (χ3n) is 4.84. The minimum absolute atomic E-state index is 0.244. The minimum Gasteiger partial charge on any atom is -0.368 e. The van der Waals surface area contributed by atoms with E-state index in [0.29, 0.717) is 6.04 Å². The fourth-order valence-corrected chi connectivity index (χ4v) is 3.37. The van der Waals surface area contributed by atoms with Crippen LogP contribution >= 0.6 is 0 Å². The number of halogens is 1. The summed E-state index contributed by atoms with van der Waals surface area (Å²) in [5.74, 6) is 0.660. The lowest BCUT2D eigenvalue weighted by Gasteiger charge is -2.24. The van der Waals surface area contributed by atoms with Gasteiger partial charge in [-0.2, -0.15) is 9.61 Å². The summed E-state index contributed by atoms with van der Waals surface area (Å²) in [6, 6.07) is 10.7. The third-order valence-corrected chi connectivity index (χ3v) is 4.84. The first kappa shape index (κ1) is 16.0. The van der Waals surface area contributed by atoms with Crippen molar-refractivity contribution in [3.05, 3.63) is 48.4 Å². The van der Waals surface area contributed by atoms with Crippen molar-refractivity contribution in [3.8, 4) is 11.3 Å². The first-order chi connectivity index (χ1) is 12.2. The van der Waals surface area contributed by atoms with Gasteiger partial charge >= 0.3 is 0 Å². The van der Waals surface area contributed by atoms with Gasteiger partial charge in [-0.15, -0.1) is 0 Å². The third kappa shape index (κ3) is 3.35. The molecule has 1 aliphatic heterocycles. The molecular formula is C19H22FN5. The average Bonchev–Trinajstić information content (AvgIpc) is 3.31. The average molecular weight is 339 g/mol. The van der Waals surface area contributed by atoms with Crippen molar-refractivity contribution >= 4 is 11.5 Å². The van der Waals surface area contributed by atoms with Gasteiger partial charge in [0.2, 0.25) is 0 Å². The predicted molar refractivity (Wildman–Crippen MR) is 97.1 cm³/mol. The van der Waals surface area contributed by atoms with Crippen molar-refractivity contribution < 1.29 is 4.39 Å². The van der Waals surface area contributed by atoms with E-state index < -0.39 is 0 Å². The van der Waals surface area contributed by atoms with Gasteiger partial charge in [-0.1, -0.05) is 0 Å². The van der Waals surface area contributed by atoms with Crippen molar-refractivity contribution in [2.45, 2.75) is 25.8 Å². The van der Waals surface area contributed by atoms with Crippen LogP contribution in [0.1, 0.15) is 19.8 Å². The summed E-state index contributed by atoms with van der Waals surface area (Å²) in [4.78, 5) is 7.14. The van der Waals surface area contributed by atoms with Crippen molar-refractivity contribution in [2.75, 3.05) is 25.0 Å². The van der Waals surface area contributed by atoms with Crippen LogP contribution in [0.3, 0.4) is 0 Å². The van der Waals surface area contributed by atoms with Crippen molar-refractivity contribution in [1.29, 1.82) is 0 Å². The Bertz CT molecular complexity index is 852. The number of nitrogens with one attached hydrogen (secondary N) is 1. The van der Waals surface area contributed by atoms with Crippen LogP contribution in [0.2, 0.25) is 0 Å². The number of aromatic nitrogens is 3. The number of hydrogen-bond acceptors (Lipinski definition) is 4. The van der Waals surface area contributed by atoms with E-state index in [4.69, 9.17) is 0 Å². The highest BCUT2D eigenvalue weighted by Crippen LogP contribution is 2.23. The van der Waals surface area contributed by atoms with Gasteiger partial charge < -0.3 is 5.32 Å². The van der Waals surface area contributed by atoms with Crippen LogP contribution in [0.5, 0.6) is 0 Å². The molecule has 5 nitrogen and oxygen atoms in total. The van der Waals surface area contributed by atoms with Crippen LogP contribution in [-0.2, 0) is 0 Å². The Hall–Kier alpha value is -2.47. The highest BCUT2D eigenvalue weighted by molar-refractivity contribution is 5.66. The normalized spacial score (nSPS) is 16.4. The smallest absolute Gasteiger partial charge is 0.157 e. The maximum Gasteiger partial charge on any atom is 0.157 e. The molecule has 0 aliphatic carbocycles. The molecule has 1 fully saturated rings. The summed E-state index contributed by atoms with van der Waals surface area (Å²) >= 11 is 0. The van der Waals surface area contributed by atoms with Gasteiger partial charge in [0, 0.05) is 30.3 Å². The number of benzene rings is 1. The Kier molecular flexibility index (Phi) is 4.36. The van der Waals surface area contributed by atoms with E-state index in [0.717, 1.165) is 29.3 Å². The van der Waals surface area contributed by atoms with Gasteiger partial charge in [0.05, 0.1) is 11.9 Å². The molecule has 1 aliphatic rings. The maximum absolute atomic E-state index is 13.2. The Balaban J connectivity index is 1.60. The molecule has 130 valence electrons. The zero-order chi connectivity index (χ0) is 17.2. The zero-order valence-corrected chi connectivity index (χ0v) is 14.3. The van der Waals surface area contributed by atoms with Crippen LogP contribution in [0.15, 0.2) is 42.6 Å². The fraction of sp³-hybridized carbons (Fsp3) is 0.368. The molecule has 4 rings (SSSR count). The topological polar surface area (TPSA) is 45.5 Å². The van der Waals surface area contributed by atoms with Gasteiger partial charge in [-0.3, -0.25) is 4.90 Å². The fourth-order valence-electron chi connectivity index (χ4n) is 3.37. The van der Waals surface area contributed by atoms with E-state index in [9.17, 15) is 4.39 Å². The number of fused-ring (bicyclic) bond motifs is 1. The molecule has 2 aromatic heterocycles. The van der Waals surface area contributed by atoms with Gasteiger partial charge in [0.1, 0.15) is 11.6 Å². The molecule has 0 unspecified atom stereocenters. The molecule has 6 heteroatoms. The molecule has 1 saturated heterocycles. The molecule has 0 amide bonds. The first-order valence-corrected chi connectivity index (χ1v) is 8.79. The molecule has 25 heavy (non-hydrogen) atoms. The summed E-state index contributed by atoms with van der Waals surface area (Å²) in [5, 5.41) is 7.88. The maximum atomic E-state index is 13.2. The van der Waals surface area contributed by atoms with Crippen LogP contribution in [0, 0.1) is 5.82 Å². The molecular weight excluding hydrogens is 317 g/mol. The van der Waals surface area contributed by atoms with Gasteiger partial charge in [0.15, 0.2) is 5.65 Å². The quantitative estimate of drug-likeness (QED) is 0.773. The lowest BCUT2D eigenvalue weighted by atomic mass is 10.1. The summed E-state index contributed by atoms with van der Waals surface area (Å²) in [6.45, 7) is 5.46. The molecule has 0 saturated carbocycles. The minimum atomic E-state index is -0.244. The van der Waals surface area contributed by atoms with E-state index in [1.165, 1.54) is 38.1 Å². The largest absolute Gasteiger partial charge is 0.368 e. The molecule has 0 radical (unpaired) electrons. The number of rotatable bonds is 5. The second-order valence-electron chi connectivity index (χ2n) is 6.61. The summed E-state index contributed by atoms with van der Waals surface area (Å²) in [5.41, 5.74) is 2.48. The van der Waals surface area contributed by atoms with E-state index in [1.54, 1.807) is 18.3 Å². The summed E-state index contributed by atoms with van der Waals surface area (Å²) in [6.07, 6.45) is 4.32. The Labute approximate surface area is 146 Å². The van der Waals surface area contributed by atoms with Gasteiger partial charge in [0.25, 0.3) is 0 Å². The van der Waals surface area contributed by atoms with Crippen molar-refractivity contribution in [3.63, 3.8) is 0 Å². The van der Waals surface area contributed by atoms with Crippen LogP contribution in [0.25, 0.3) is 16.9 Å². The van der Waals surface area contributed by atoms with Gasteiger partial charge in [-0.25, -0.2) is 9.37 Å². The zero-order valence-electron chi connectivity index (χ0n) is 14.3. The second kappa shape index (κ2) is 6.80. The first-order valence-electron chi connectivity index (χ1n) is 8.79. The molecule has 1 aromatic carbocycles. The molecule has 3 aromatic rings. The molecule has 3 heterocycles. The molecule has 0 bridgehead atoms. The Morgan fingerprint density at radius 3 is 2.68 bits per heavy atom. The predicted octanol–water partition coefficient (Wildman–Crippen LogP) is 3.43. The van der Waals surface area contributed by atoms with E-state index in [-0.39, 0.29) is 5.82 Å². The SMILES string of the molecule is C[C@H](CNc1cc(-c2ccc(F)cc2)nc2ccnn12)N1CCCC1. The number of anilines is 1. The Morgan fingerprint density at radius 2 is 1.92 bits per heavy atom. The number of hydrogen-bond donors (Lipinski definition) is 1. The number of nitrogens with zero attached hydrogens (tertiary/aromatic N) is 4. The van der Waals surface area contributed by atoms with Crippen molar-refractivity contribution in [2.24, 2.45) is 0 Å². The van der Waals surface area contributed by atoms with E-state index in [1.807, 2.05) is 16.6 Å². The summed E-state index contributed by atoms with van der Waals surface area (Å²) < 4.78 is 15.0. The Morgan fingerprint density at radius 1 is 1.16 bits per heavy atom. The number of likely N-dealkylation sites (tertiary alicyclic amines) is 1. The van der Waals surface area contributed by atoms with Crippen molar-refractivity contribution in [1.82, 2.24) is 19.5 Å². The monoisotopic (exact) mass is 339 g/mol. The van der Waals surface area contributed by atoms with Crippen LogP contribution in [-0.4, -0.2) is 45.2 Å². The molecule has 1 N–H and O–H groups in total. The molecule has 1 atom stereocenters. The van der Waals surface area contributed by atoms with E-state index >= 15 is 0 Å². The second-order valence-corrected chi connectivity index (χ2v) is 6.61. The van der Waals surface area contributed by atoms with Crippen LogP contribution < -0.4 is 5.32 Å². The van der Waals surface area contributed by atoms with E-state index in [2.05, 4.69) is 27.2 Å². The molecule has 0 spiro atoms. The van der Waals surface area contributed by atoms with Crippen LogP contribution in [0.4, 0.5) is 10.2 Å². The highest BCUT2D eigenvalue weighted by atomic mass is 19.1. The lowest BCUT2D eigenvalue weighted by Crippen LogP contribution is -2.35.